The first-order chi connectivity index (χ1) is 9.99. The van der Waals surface area contributed by atoms with Crippen molar-refractivity contribution in [3.8, 4) is 0 Å². The molecule has 112 valence electrons. The monoisotopic (exact) mass is 349 g/mol. The molecule has 1 aromatic carbocycles. The lowest BCUT2D eigenvalue weighted by Crippen LogP contribution is -2.14. The number of nitrogen functional groups attached to an aromatic ring is 1. The van der Waals surface area contributed by atoms with Crippen LogP contribution in [0.1, 0.15) is 44.1 Å². The van der Waals surface area contributed by atoms with Gasteiger partial charge in [-0.25, -0.2) is 15.8 Å². The van der Waals surface area contributed by atoms with Crippen molar-refractivity contribution in [3.05, 3.63) is 46.2 Å². The zero-order valence-electron chi connectivity index (χ0n) is 12.4. The fourth-order valence-electron chi connectivity index (χ4n) is 1.93. The Morgan fingerprint density at radius 2 is 1.67 bits per heavy atom. The molecule has 1 heterocycles. The molecule has 0 bridgehead atoms. The number of hydrogen-bond donors (Lipinski definition) is 3. The molecule has 4 N–H and O–H groups in total. The molecular weight excluding hydrogens is 330 g/mol. The fraction of sp³-hybridized carbons (Fsp3) is 0.333. The van der Waals surface area contributed by atoms with Crippen LogP contribution in [-0.2, 0) is 0 Å². The van der Waals surface area contributed by atoms with Crippen LogP contribution >= 0.6 is 15.9 Å². The minimum Gasteiger partial charge on any atom is -0.363 e. The maximum atomic E-state index is 5.47. The molecule has 0 radical (unpaired) electrons. The average molecular weight is 350 g/mol. The lowest BCUT2D eigenvalue weighted by atomic mass is 10.1. The summed E-state index contributed by atoms with van der Waals surface area (Å²) < 4.78 is 1.07. The number of hydrazine groups is 1. The molecule has 5 nitrogen and oxygen atoms in total. The Bertz CT molecular complexity index is 598. The highest BCUT2D eigenvalue weighted by molar-refractivity contribution is 9.10. The van der Waals surface area contributed by atoms with E-state index in [2.05, 4.69) is 69.5 Å². The van der Waals surface area contributed by atoms with Crippen molar-refractivity contribution in [1.29, 1.82) is 0 Å². The molecular formula is C15H20BrN5. The summed E-state index contributed by atoms with van der Waals surface area (Å²) in [4.78, 5) is 8.89. The van der Waals surface area contributed by atoms with Crippen LogP contribution < -0.4 is 16.6 Å². The zero-order chi connectivity index (χ0) is 15.4. The van der Waals surface area contributed by atoms with E-state index >= 15 is 0 Å². The Balaban J connectivity index is 2.21. The molecule has 0 fully saturated rings. The van der Waals surface area contributed by atoms with Gasteiger partial charge in [-0.15, -0.1) is 0 Å². The number of halogens is 1. The lowest BCUT2D eigenvalue weighted by Gasteiger charge is -2.17. The second-order valence-electron chi connectivity index (χ2n) is 5.21. The van der Waals surface area contributed by atoms with E-state index in [0.29, 0.717) is 5.82 Å². The highest BCUT2D eigenvalue weighted by Gasteiger charge is 2.10. The summed E-state index contributed by atoms with van der Waals surface area (Å²) in [5.41, 5.74) is 3.77. The van der Waals surface area contributed by atoms with Gasteiger partial charge in [-0.3, -0.25) is 0 Å². The van der Waals surface area contributed by atoms with Gasteiger partial charge in [0, 0.05) is 22.5 Å². The third-order valence-electron chi connectivity index (χ3n) is 3.14. The van der Waals surface area contributed by atoms with Crippen LogP contribution in [0.2, 0.25) is 0 Å². The Morgan fingerprint density at radius 1 is 1.05 bits per heavy atom. The smallest absolute Gasteiger partial charge is 0.145 e. The molecule has 1 unspecified atom stereocenters. The maximum absolute atomic E-state index is 5.47. The maximum Gasteiger partial charge on any atom is 0.145 e. The number of nitrogens with two attached hydrogens (primary N) is 1. The van der Waals surface area contributed by atoms with Gasteiger partial charge in [0.25, 0.3) is 0 Å². The van der Waals surface area contributed by atoms with E-state index in [4.69, 9.17) is 5.84 Å². The van der Waals surface area contributed by atoms with Crippen LogP contribution in [0.3, 0.4) is 0 Å². The quantitative estimate of drug-likeness (QED) is 0.565. The van der Waals surface area contributed by atoms with E-state index in [0.717, 1.165) is 16.1 Å². The molecule has 2 rings (SSSR count). The van der Waals surface area contributed by atoms with Crippen molar-refractivity contribution in [2.45, 2.75) is 32.7 Å². The molecule has 0 saturated heterocycles. The van der Waals surface area contributed by atoms with Gasteiger partial charge in [0.2, 0.25) is 0 Å². The Hall–Kier alpha value is -1.66. The first kappa shape index (κ1) is 15.7. The van der Waals surface area contributed by atoms with E-state index < -0.39 is 0 Å². The Morgan fingerprint density at radius 3 is 2.24 bits per heavy atom. The number of anilines is 2. The number of nitrogens with one attached hydrogen (secondary N) is 2. The van der Waals surface area contributed by atoms with Crippen molar-refractivity contribution in [2.75, 3.05) is 10.7 Å². The van der Waals surface area contributed by atoms with Crippen molar-refractivity contribution in [2.24, 2.45) is 5.84 Å². The standard InChI is InChI=1S/C15H20BrN5/c1-9(2)15-19-13(8-14(20-15)21-17)18-10(3)11-4-6-12(16)7-5-11/h4-10H,17H2,1-3H3,(H2,18,19,20,21). The highest BCUT2D eigenvalue weighted by atomic mass is 79.9. The summed E-state index contributed by atoms with van der Waals surface area (Å²) >= 11 is 3.44. The van der Waals surface area contributed by atoms with Crippen LogP contribution in [0.5, 0.6) is 0 Å². The minimum absolute atomic E-state index is 0.138. The largest absolute Gasteiger partial charge is 0.363 e. The molecule has 1 aromatic heterocycles. The van der Waals surface area contributed by atoms with E-state index in [-0.39, 0.29) is 12.0 Å². The molecule has 0 aliphatic carbocycles. The minimum atomic E-state index is 0.138. The normalized spacial score (nSPS) is 12.3. The Labute approximate surface area is 133 Å². The SMILES string of the molecule is CC(C)c1nc(NN)cc(NC(C)c2ccc(Br)cc2)n1. The van der Waals surface area contributed by atoms with Crippen molar-refractivity contribution < 1.29 is 0 Å². The van der Waals surface area contributed by atoms with Crippen molar-refractivity contribution in [3.63, 3.8) is 0 Å². The van der Waals surface area contributed by atoms with Gasteiger partial charge >= 0.3 is 0 Å². The third kappa shape index (κ3) is 4.15. The third-order valence-corrected chi connectivity index (χ3v) is 3.67. The van der Waals surface area contributed by atoms with Crippen LogP contribution in [0, 0.1) is 0 Å². The predicted octanol–water partition coefficient (Wildman–Crippen LogP) is 3.82. The molecule has 1 atom stereocenters. The summed E-state index contributed by atoms with van der Waals surface area (Å²) in [6.45, 7) is 6.20. The van der Waals surface area contributed by atoms with Gasteiger partial charge in [0.15, 0.2) is 0 Å². The zero-order valence-corrected chi connectivity index (χ0v) is 14.0. The van der Waals surface area contributed by atoms with Gasteiger partial charge in [0.05, 0.1) is 0 Å². The molecule has 6 heteroatoms. The van der Waals surface area contributed by atoms with Gasteiger partial charge in [-0.05, 0) is 24.6 Å². The molecule has 0 aliphatic heterocycles. The molecule has 2 aromatic rings. The number of rotatable bonds is 5. The molecule has 0 amide bonds. The van der Waals surface area contributed by atoms with E-state index in [1.54, 1.807) is 6.07 Å². The summed E-state index contributed by atoms with van der Waals surface area (Å²) in [6.07, 6.45) is 0. The van der Waals surface area contributed by atoms with Gasteiger partial charge in [-0.2, -0.15) is 0 Å². The van der Waals surface area contributed by atoms with Gasteiger partial charge in [-0.1, -0.05) is 41.9 Å². The average Bonchev–Trinajstić information content (AvgIpc) is 2.47. The number of nitrogens with zero attached hydrogens (tertiary/aromatic N) is 2. The van der Waals surface area contributed by atoms with E-state index in [1.807, 2.05) is 12.1 Å². The molecule has 0 saturated carbocycles. The predicted molar refractivity (Wildman–Crippen MR) is 90.1 cm³/mol. The molecule has 0 aliphatic rings. The summed E-state index contributed by atoms with van der Waals surface area (Å²) in [5.74, 6) is 7.84. The summed E-state index contributed by atoms with van der Waals surface area (Å²) in [6, 6.07) is 10.2. The van der Waals surface area contributed by atoms with E-state index in [1.165, 1.54) is 5.56 Å². The lowest BCUT2D eigenvalue weighted by molar-refractivity contribution is 0.769. The first-order valence-corrected chi connectivity index (χ1v) is 7.66. The highest BCUT2D eigenvalue weighted by Crippen LogP contribution is 2.22. The van der Waals surface area contributed by atoms with Crippen LogP contribution in [0.25, 0.3) is 0 Å². The number of benzene rings is 1. The Kier molecular flexibility index (Phi) is 5.14. The second kappa shape index (κ2) is 6.87. The molecule has 0 spiro atoms. The number of aromatic nitrogens is 2. The summed E-state index contributed by atoms with van der Waals surface area (Å²) in [7, 11) is 0. The van der Waals surface area contributed by atoms with Crippen molar-refractivity contribution in [1.82, 2.24) is 9.97 Å². The van der Waals surface area contributed by atoms with Gasteiger partial charge in [0.1, 0.15) is 17.5 Å². The van der Waals surface area contributed by atoms with Crippen LogP contribution in [-0.4, -0.2) is 9.97 Å². The number of hydrogen-bond acceptors (Lipinski definition) is 5. The van der Waals surface area contributed by atoms with Gasteiger partial charge < -0.3 is 10.7 Å². The first-order valence-electron chi connectivity index (χ1n) is 6.87. The second-order valence-corrected chi connectivity index (χ2v) is 6.13. The summed E-state index contributed by atoms with van der Waals surface area (Å²) in [5, 5.41) is 3.39. The van der Waals surface area contributed by atoms with E-state index in [9.17, 15) is 0 Å². The topological polar surface area (TPSA) is 75.9 Å². The van der Waals surface area contributed by atoms with Crippen LogP contribution in [0.15, 0.2) is 34.8 Å². The van der Waals surface area contributed by atoms with Crippen LogP contribution in [0.4, 0.5) is 11.6 Å². The fourth-order valence-corrected chi connectivity index (χ4v) is 2.19. The van der Waals surface area contributed by atoms with Crippen molar-refractivity contribution >= 4 is 27.6 Å². The molecule has 21 heavy (non-hydrogen) atoms.